The molecule has 2 aromatic rings. The molecule has 1 unspecified atom stereocenters. The molecule has 3 nitrogen and oxygen atoms in total. The Labute approximate surface area is 115 Å². The molecule has 2 rings (SSSR count). The molecule has 0 aliphatic carbocycles. The Morgan fingerprint density at radius 3 is 2.67 bits per heavy atom. The van der Waals surface area contributed by atoms with Crippen LogP contribution in [0.1, 0.15) is 24.5 Å². The largest absolute Gasteiger partial charge is 0.464 e. The number of halogens is 1. The molecule has 0 bridgehead atoms. The van der Waals surface area contributed by atoms with Crippen LogP contribution in [0.3, 0.4) is 0 Å². The van der Waals surface area contributed by atoms with Gasteiger partial charge in [-0.3, -0.25) is 0 Å². The topological polar surface area (TPSA) is 51.2 Å². The molecule has 0 saturated heterocycles. The first-order valence-electron chi connectivity index (χ1n) is 6.04. The Bertz CT molecular complexity index is 510. The third kappa shape index (κ3) is 2.94. The van der Waals surface area contributed by atoms with Crippen LogP contribution in [0.25, 0.3) is 0 Å². The second-order valence-electron chi connectivity index (χ2n) is 4.07. The number of anilines is 1. The second kappa shape index (κ2) is 6.07. The number of nitrogens with one attached hydrogen (secondary N) is 1. The third-order valence-electron chi connectivity index (χ3n) is 2.81. The summed E-state index contributed by atoms with van der Waals surface area (Å²) in [4.78, 5) is 0. The maximum Gasteiger partial charge on any atom is 0.127 e. The van der Waals surface area contributed by atoms with Crippen molar-refractivity contribution in [2.24, 2.45) is 5.73 Å². The van der Waals surface area contributed by atoms with E-state index in [1.165, 1.54) is 0 Å². The molecule has 4 heteroatoms. The van der Waals surface area contributed by atoms with E-state index in [0.29, 0.717) is 6.54 Å². The van der Waals surface area contributed by atoms with Crippen LogP contribution >= 0.6 is 15.9 Å². The number of benzene rings is 1. The smallest absolute Gasteiger partial charge is 0.127 e. The van der Waals surface area contributed by atoms with Crippen molar-refractivity contribution in [3.05, 3.63) is 52.4 Å². The highest BCUT2D eigenvalue weighted by atomic mass is 79.9. The second-order valence-corrected chi connectivity index (χ2v) is 4.92. The van der Waals surface area contributed by atoms with Gasteiger partial charge in [0.15, 0.2) is 0 Å². The minimum absolute atomic E-state index is 0.0102. The van der Waals surface area contributed by atoms with Crippen molar-refractivity contribution in [1.82, 2.24) is 0 Å². The van der Waals surface area contributed by atoms with Gasteiger partial charge in [0, 0.05) is 23.1 Å². The van der Waals surface area contributed by atoms with E-state index in [-0.39, 0.29) is 6.04 Å². The summed E-state index contributed by atoms with van der Waals surface area (Å²) in [6.45, 7) is 2.55. The molecule has 1 heterocycles. The van der Waals surface area contributed by atoms with Gasteiger partial charge in [-0.25, -0.2) is 0 Å². The van der Waals surface area contributed by atoms with Crippen molar-refractivity contribution in [2.75, 3.05) is 11.9 Å². The third-order valence-corrected chi connectivity index (χ3v) is 3.51. The average molecular weight is 309 g/mol. The van der Waals surface area contributed by atoms with Crippen molar-refractivity contribution in [2.45, 2.75) is 19.4 Å². The van der Waals surface area contributed by atoms with Crippen molar-refractivity contribution in [3.63, 3.8) is 0 Å². The molecule has 0 amide bonds. The molecule has 96 valence electrons. The fourth-order valence-electron chi connectivity index (χ4n) is 1.78. The Morgan fingerprint density at radius 1 is 1.28 bits per heavy atom. The van der Waals surface area contributed by atoms with Gasteiger partial charge < -0.3 is 15.5 Å². The fourth-order valence-corrected chi connectivity index (χ4v) is 2.18. The van der Waals surface area contributed by atoms with E-state index in [1.807, 2.05) is 36.4 Å². The molecule has 1 aromatic heterocycles. The van der Waals surface area contributed by atoms with Crippen LogP contribution in [-0.2, 0) is 6.42 Å². The van der Waals surface area contributed by atoms with Gasteiger partial charge in [0.25, 0.3) is 0 Å². The van der Waals surface area contributed by atoms with Gasteiger partial charge >= 0.3 is 0 Å². The number of nitrogens with two attached hydrogens (primary N) is 1. The fraction of sp³-hybridized carbons (Fsp3) is 0.286. The highest BCUT2D eigenvalue weighted by Gasteiger charge is 2.14. The summed E-state index contributed by atoms with van der Waals surface area (Å²) in [5.74, 6) is 1.86. The lowest BCUT2D eigenvalue weighted by molar-refractivity contribution is 0.448. The van der Waals surface area contributed by atoms with E-state index < -0.39 is 0 Å². The van der Waals surface area contributed by atoms with Crippen molar-refractivity contribution >= 4 is 21.6 Å². The molecule has 0 saturated carbocycles. The molecule has 0 radical (unpaired) electrons. The van der Waals surface area contributed by atoms with Crippen LogP contribution < -0.4 is 11.1 Å². The molecule has 1 aromatic carbocycles. The molecule has 3 N–H and O–H groups in total. The molecule has 0 spiro atoms. The Balaban J connectivity index is 2.17. The number of hydrogen-bond acceptors (Lipinski definition) is 3. The maximum atomic E-state index is 5.82. The van der Waals surface area contributed by atoms with Gasteiger partial charge in [0.05, 0.1) is 6.04 Å². The van der Waals surface area contributed by atoms with Crippen LogP contribution in [-0.4, -0.2) is 6.54 Å². The van der Waals surface area contributed by atoms with E-state index in [2.05, 4.69) is 28.2 Å². The summed E-state index contributed by atoms with van der Waals surface area (Å²) in [6, 6.07) is 11.9. The Morgan fingerprint density at radius 2 is 2.06 bits per heavy atom. The van der Waals surface area contributed by atoms with Crippen molar-refractivity contribution in [3.8, 4) is 0 Å². The van der Waals surface area contributed by atoms with E-state index in [0.717, 1.165) is 28.1 Å². The lowest BCUT2D eigenvalue weighted by Gasteiger charge is -2.17. The zero-order chi connectivity index (χ0) is 13.0. The van der Waals surface area contributed by atoms with Crippen molar-refractivity contribution < 1.29 is 4.42 Å². The molecule has 0 fully saturated rings. The zero-order valence-electron chi connectivity index (χ0n) is 10.3. The normalized spacial score (nSPS) is 12.4. The number of hydrogen-bond donors (Lipinski definition) is 2. The maximum absolute atomic E-state index is 5.82. The summed E-state index contributed by atoms with van der Waals surface area (Å²) in [7, 11) is 0. The quantitative estimate of drug-likeness (QED) is 0.885. The summed E-state index contributed by atoms with van der Waals surface area (Å²) in [6.07, 6.45) is 0.895. The lowest BCUT2D eigenvalue weighted by Crippen LogP contribution is -2.20. The zero-order valence-corrected chi connectivity index (χ0v) is 11.9. The van der Waals surface area contributed by atoms with E-state index >= 15 is 0 Å². The van der Waals surface area contributed by atoms with Gasteiger partial charge in [0.1, 0.15) is 11.5 Å². The first-order valence-corrected chi connectivity index (χ1v) is 6.83. The SMILES string of the molecule is CCc1ccc(C(CN)Nc2ccccc2Br)o1. The molecule has 0 aliphatic rings. The first kappa shape index (κ1) is 13.2. The number of furan rings is 1. The van der Waals surface area contributed by atoms with Gasteiger partial charge in [-0.1, -0.05) is 19.1 Å². The summed E-state index contributed by atoms with van der Waals surface area (Å²) >= 11 is 3.51. The first-order chi connectivity index (χ1) is 8.74. The molecular weight excluding hydrogens is 292 g/mol. The molecule has 1 atom stereocenters. The minimum Gasteiger partial charge on any atom is -0.464 e. The van der Waals surface area contributed by atoms with Gasteiger partial charge in [-0.15, -0.1) is 0 Å². The van der Waals surface area contributed by atoms with Crippen molar-refractivity contribution in [1.29, 1.82) is 0 Å². The van der Waals surface area contributed by atoms with E-state index in [9.17, 15) is 0 Å². The minimum atomic E-state index is -0.0102. The molecule has 0 aliphatic heterocycles. The van der Waals surface area contributed by atoms with Crippen LogP contribution in [0.15, 0.2) is 45.3 Å². The monoisotopic (exact) mass is 308 g/mol. The number of rotatable bonds is 5. The van der Waals surface area contributed by atoms with Gasteiger partial charge in [0.2, 0.25) is 0 Å². The number of aryl methyl sites for hydroxylation is 1. The van der Waals surface area contributed by atoms with Gasteiger partial charge in [-0.05, 0) is 40.2 Å². The predicted molar refractivity (Wildman–Crippen MR) is 77.6 cm³/mol. The highest BCUT2D eigenvalue weighted by Crippen LogP contribution is 2.26. The van der Waals surface area contributed by atoms with Crippen LogP contribution in [0.5, 0.6) is 0 Å². The van der Waals surface area contributed by atoms with Crippen LogP contribution in [0.2, 0.25) is 0 Å². The number of para-hydroxylation sites is 1. The average Bonchev–Trinajstić information content (AvgIpc) is 2.86. The Hall–Kier alpha value is -1.26. The highest BCUT2D eigenvalue weighted by molar-refractivity contribution is 9.10. The summed E-state index contributed by atoms with van der Waals surface area (Å²) in [5, 5.41) is 3.39. The Kier molecular flexibility index (Phi) is 4.44. The van der Waals surface area contributed by atoms with Crippen LogP contribution in [0.4, 0.5) is 5.69 Å². The summed E-state index contributed by atoms with van der Waals surface area (Å²) in [5.41, 5.74) is 6.83. The summed E-state index contributed by atoms with van der Waals surface area (Å²) < 4.78 is 6.76. The molecular formula is C14H17BrN2O. The lowest BCUT2D eigenvalue weighted by atomic mass is 10.2. The standard InChI is InChI=1S/C14H17BrN2O/c1-2-10-7-8-14(18-10)13(9-16)17-12-6-4-3-5-11(12)15/h3-8,13,17H,2,9,16H2,1H3. The van der Waals surface area contributed by atoms with E-state index in [4.69, 9.17) is 10.2 Å². The van der Waals surface area contributed by atoms with Gasteiger partial charge in [-0.2, -0.15) is 0 Å². The predicted octanol–water partition coefficient (Wildman–Crippen LogP) is 3.72. The van der Waals surface area contributed by atoms with E-state index in [1.54, 1.807) is 0 Å². The molecule has 18 heavy (non-hydrogen) atoms. The van der Waals surface area contributed by atoms with Crippen LogP contribution in [0, 0.1) is 0 Å².